The van der Waals surface area contributed by atoms with Gasteiger partial charge in [0.15, 0.2) is 0 Å². The summed E-state index contributed by atoms with van der Waals surface area (Å²) in [5.74, 6) is -1.23. The van der Waals surface area contributed by atoms with Crippen LogP contribution in [0.3, 0.4) is 0 Å². The van der Waals surface area contributed by atoms with Crippen LogP contribution in [0.1, 0.15) is 49.5 Å². The fourth-order valence-electron chi connectivity index (χ4n) is 1.88. The van der Waals surface area contributed by atoms with E-state index in [0.29, 0.717) is 12.1 Å². The second-order valence-corrected chi connectivity index (χ2v) is 9.58. The molecule has 0 bridgehead atoms. The highest BCUT2D eigenvalue weighted by molar-refractivity contribution is 7.94. The number of carbonyl (C=O) groups is 1. The molecule has 5 nitrogen and oxygen atoms in total. The number of halogens is 6. The molecule has 0 saturated carbocycles. The first-order valence-corrected chi connectivity index (χ1v) is 9.61. The average Bonchev–Trinajstić information content (AvgIpc) is 2.50. The smallest absolute Gasteiger partial charge is 0.326 e. The molecule has 1 rings (SSSR count). The second kappa shape index (κ2) is 8.25. The molecule has 0 heterocycles. The lowest BCUT2D eigenvalue weighted by Crippen LogP contribution is -2.34. The van der Waals surface area contributed by atoms with E-state index in [2.05, 4.69) is 11.3 Å². The van der Waals surface area contributed by atoms with Crippen LogP contribution >= 0.6 is 0 Å². The van der Waals surface area contributed by atoms with Crippen molar-refractivity contribution >= 4 is 21.6 Å². The minimum atomic E-state index is -4.83. The van der Waals surface area contributed by atoms with E-state index < -0.39 is 62.7 Å². The summed E-state index contributed by atoms with van der Waals surface area (Å²) in [6, 6.07) is 1.75. The maximum atomic E-state index is 13.0. The Hall–Kier alpha value is -2.24. The Balaban J connectivity index is 3.26. The molecule has 1 amide bonds. The molecule has 0 spiro atoms. The van der Waals surface area contributed by atoms with Crippen molar-refractivity contribution < 1.29 is 39.6 Å². The van der Waals surface area contributed by atoms with Gasteiger partial charge in [-0.05, 0) is 45.4 Å². The number of hydrogen-bond donors (Lipinski definition) is 2. The molecule has 12 heteroatoms. The predicted molar refractivity (Wildman–Crippen MR) is 95.6 cm³/mol. The highest BCUT2D eigenvalue weighted by Gasteiger charge is 2.34. The monoisotopic (exact) mass is 446 g/mol. The van der Waals surface area contributed by atoms with Gasteiger partial charge >= 0.3 is 12.4 Å². The van der Waals surface area contributed by atoms with Gasteiger partial charge in [0, 0.05) is 12.1 Å². The first kappa shape index (κ1) is 24.8. The number of carbonyl (C=O) groups excluding carboxylic acids is 1. The quantitative estimate of drug-likeness (QED) is 0.615. The topological polar surface area (TPSA) is 75.3 Å². The van der Waals surface area contributed by atoms with E-state index in [1.165, 1.54) is 20.8 Å². The minimum Gasteiger partial charge on any atom is -0.326 e. The summed E-state index contributed by atoms with van der Waals surface area (Å²) in [6.45, 7) is 7.24. The zero-order valence-electron chi connectivity index (χ0n) is 15.8. The van der Waals surface area contributed by atoms with Crippen LogP contribution in [0.4, 0.5) is 32.0 Å². The van der Waals surface area contributed by atoms with E-state index >= 15 is 0 Å². The maximum Gasteiger partial charge on any atom is 0.416 e. The van der Waals surface area contributed by atoms with E-state index in [4.69, 9.17) is 0 Å². The SMILES string of the molecule is C=C(CCC(F)(F)F)NC(=O)c1cc(C(F)(F)F)ccc1NS(=O)(=O)C(C)(C)C. The number of sulfonamides is 1. The summed E-state index contributed by atoms with van der Waals surface area (Å²) >= 11 is 0. The third-order valence-electron chi connectivity index (χ3n) is 3.64. The van der Waals surface area contributed by atoms with Crippen molar-refractivity contribution in [3.05, 3.63) is 41.6 Å². The molecular weight excluding hydrogens is 426 g/mol. The summed E-state index contributed by atoms with van der Waals surface area (Å²) in [5.41, 5.74) is -2.77. The third kappa shape index (κ3) is 7.26. The average molecular weight is 446 g/mol. The van der Waals surface area contributed by atoms with Crippen LogP contribution in [0.15, 0.2) is 30.5 Å². The van der Waals surface area contributed by atoms with Crippen molar-refractivity contribution in [2.45, 2.75) is 50.7 Å². The van der Waals surface area contributed by atoms with Gasteiger partial charge in [0.2, 0.25) is 10.0 Å². The van der Waals surface area contributed by atoms with Crippen LogP contribution in [0.2, 0.25) is 0 Å². The molecule has 0 aromatic heterocycles. The van der Waals surface area contributed by atoms with Crippen molar-refractivity contribution in [3.63, 3.8) is 0 Å². The van der Waals surface area contributed by atoms with Gasteiger partial charge in [-0.15, -0.1) is 0 Å². The maximum absolute atomic E-state index is 13.0. The Labute approximate surface area is 164 Å². The lowest BCUT2D eigenvalue weighted by Gasteiger charge is -2.22. The van der Waals surface area contributed by atoms with Crippen molar-refractivity contribution in [1.29, 1.82) is 0 Å². The molecule has 2 N–H and O–H groups in total. The van der Waals surface area contributed by atoms with Gasteiger partial charge in [0.05, 0.1) is 21.6 Å². The van der Waals surface area contributed by atoms with Crippen molar-refractivity contribution in [1.82, 2.24) is 5.32 Å². The van der Waals surface area contributed by atoms with Gasteiger partial charge in [-0.2, -0.15) is 26.3 Å². The number of benzene rings is 1. The molecule has 164 valence electrons. The normalized spacial score (nSPS) is 13.1. The van der Waals surface area contributed by atoms with Crippen LogP contribution in [0.5, 0.6) is 0 Å². The van der Waals surface area contributed by atoms with E-state index in [0.717, 1.165) is 6.07 Å². The Bertz CT molecular complexity index is 884. The molecule has 0 aliphatic heterocycles. The standard InChI is InChI=1S/C17H20F6N2O3S/c1-10(7-8-16(18,19)20)24-14(26)12-9-11(17(21,22)23)5-6-13(12)25-29(27,28)15(2,3)4/h5-6,9,25H,1,7-8H2,2-4H3,(H,24,26). The lowest BCUT2D eigenvalue weighted by molar-refractivity contribution is -0.137. The number of amides is 1. The molecule has 0 unspecified atom stereocenters. The van der Waals surface area contributed by atoms with Crippen LogP contribution in [-0.4, -0.2) is 25.2 Å². The van der Waals surface area contributed by atoms with Crippen molar-refractivity contribution in [2.75, 3.05) is 4.72 Å². The summed E-state index contributed by atoms with van der Waals surface area (Å²) in [6.07, 6.45) is -11.3. The summed E-state index contributed by atoms with van der Waals surface area (Å²) in [5, 5.41) is 1.98. The molecule has 0 saturated heterocycles. The van der Waals surface area contributed by atoms with Gasteiger partial charge in [-0.25, -0.2) is 8.42 Å². The van der Waals surface area contributed by atoms with Gasteiger partial charge in [0.1, 0.15) is 0 Å². The molecule has 0 aliphatic rings. The Morgan fingerprint density at radius 3 is 2.07 bits per heavy atom. The molecule has 1 aromatic rings. The lowest BCUT2D eigenvalue weighted by atomic mass is 10.1. The van der Waals surface area contributed by atoms with Gasteiger partial charge < -0.3 is 5.32 Å². The number of nitrogens with one attached hydrogen (secondary N) is 2. The first-order chi connectivity index (χ1) is 12.8. The Morgan fingerprint density at radius 2 is 1.62 bits per heavy atom. The highest BCUT2D eigenvalue weighted by atomic mass is 32.2. The summed E-state index contributed by atoms with van der Waals surface area (Å²) in [7, 11) is -4.10. The first-order valence-electron chi connectivity index (χ1n) is 8.13. The third-order valence-corrected chi connectivity index (χ3v) is 5.74. The Morgan fingerprint density at radius 1 is 1.07 bits per heavy atom. The van der Waals surface area contributed by atoms with Crippen molar-refractivity contribution in [2.24, 2.45) is 0 Å². The van der Waals surface area contributed by atoms with Crippen LogP contribution < -0.4 is 10.0 Å². The Kier molecular flexibility index (Phi) is 7.05. The van der Waals surface area contributed by atoms with Gasteiger partial charge in [-0.1, -0.05) is 6.58 Å². The van der Waals surface area contributed by atoms with Crippen LogP contribution in [0, 0.1) is 0 Å². The minimum absolute atomic E-state index is 0.380. The van der Waals surface area contributed by atoms with E-state index in [1.807, 2.05) is 5.32 Å². The van der Waals surface area contributed by atoms with Gasteiger partial charge in [-0.3, -0.25) is 9.52 Å². The summed E-state index contributed by atoms with van der Waals surface area (Å²) < 4.78 is 101. The summed E-state index contributed by atoms with van der Waals surface area (Å²) in [4.78, 5) is 12.4. The molecule has 0 radical (unpaired) electrons. The zero-order valence-corrected chi connectivity index (χ0v) is 16.6. The fourth-order valence-corrected chi connectivity index (χ4v) is 2.65. The van der Waals surface area contributed by atoms with Gasteiger partial charge in [0.25, 0.3) is 5.91 Å². The molecule has 0 fully saturated rings. The molecular formula is C17H20F6N2O3S. The number of hydrogen-bond acceptors (Lipinski definition) is 3. The largest absolute Gasteiger partial charge is 0.416 e. The fraction of sp³-hybridized carbons (Fsp3) is 0.471. The number of alkyl halides is 6. The molecule has 29 heavy (non-hydrogen) atoms. The molecule has 0 aliphatic carbocycles. The second-order valence-electron chi connectivity index (χ2n) is 7.15. The van der Waals surface area contributed by atoms with Crippen LogP contribution in [-0.2, 0) is 16.2 Å². The predicted octanol–water partition coefficient (Wildman–Crippen LogP) is 4.83. The number of allylic oxidation sites excluding steroid dienone is 1. The molecule has 0 atom stereocenters. The number of anilines is 1. The van der Waals surface area contributed by atoms with E-state index in [-0.39, 0.29) is 5.70 Å². The number of rotatable bonds is 6. The zero-order chi connectivity index (χ0) is 22.8. The molecule has 1 aromatic carbocycles. The van der Waals surface area contributed by atoms with E-state index in [9.17, 15) is 39.6 Å². The highest BCUT2D eigenvalue weighted by Crippen LogP contribution is 2.33. The van der Waals surface area contributed by atoms with E-state index in [1.54, 1.807) is 0 Å². The van der Waals surface area contributed by atoms with Crippen molar-refractivity contribution in [3.8, 4) is 0 Å². The van der Waals surface area contributed by atoms with Crippen LogP contribution in [0.25, 0.3) is 0 Å².